The van der Waals surface area contributed by atoms with Crippen LogP contribution in [0.3, 0.4) is 0 Å². The van der Waals surface area contributed by atoms with Gasteiger partial charge in [0, 0.05) is 22.9 Å². The Morgan fingerprint density at radius 1 is 0.739 bits per heavy atom. The van der Waals surface area contributed by atoms with E-state index in [4.69, 9.17) is 25.4 Å². The lowest BCUT2D eigenvalue weighted by Crippen LogP contribution is -2.05. The molecule has 3 aromatic rings. The first-order valence-electron chi connectivity index (χ1n) is 7.94. The predicted octanol–water partition coefficient (Wildman–Crippen LogP) is 3.04. The van der Waals surface area contributed by atoms with Gasteiger partial charge in [-0.2, -0.15) is 0 Å². The lowest BCUT2D eigenvalue weighted by Gasteiger charge is -2.04. The Balaban J connectivity index is 1.84. The second-order valence-electron chi connectivity index (χ2n) is 5.40. The molecule has 0 aliphatic heterocycles. The maximum Gasteiger partial charge on any atom is 0.139 e. The zero-order chi connectivity index (χ0) is 16.1. The first-order valence-corrected chi connectivity index (χ1v) is 7.94. The van der Waals surface area contributed by atoms with Crippen molar-refractivity contribution in [1.82, 2.24) is 0 Å². The SMILES string of the molecule is NCCCOc1ccc2c(c1)oc1cc(OCCCN)ccc12. The number of hydrogen-bond acceptors (Lipinski definition) is 5. The van der Waals surface area contributed by atoms with Gasteiger partial charge in [0.2, 0.25) is 0 Å². The molecule has 0 radical (unpaired) electrons. The molecule has 5 heteroatoms. The Bertz CT molecular complexity index is 718. The molecule has 2 aromatic carbocycles. The molecule has 122 valence electrons. The Kier molecular flexibility index (Phi) is 5.00. The van der Waals surface area contributed by atoms with Gasteiger partial charge in [-0.1, -0.05) is 0 Å². The van der Waals surface area contributed by atoms with E-state index in [2.05, 4.69) is 0 Å². The Morgan fingerprint density at radius 3 is 1.65 bits per heavy atom. The monoisotopic (exact) mass is 314 g/mol. The lowest BCUT2D eigenvalue weighted by atomic mass is 10.1. The molecule has 0 saturated carbocycles. The fourth-order valence-corrected chi connectivity index (χ4v) is 2.46. The Morgan fingerprint density at radius 2 is 1.22 bits per heavy atom. The van der Waals surface area contributed by atoms with Crippen LogP contribution in [0.5, 0.6) is 11.5 Å². The van der Waals surface area contributed by atoms with Crippen LogP contribution in [0.15, 0.2) is 40.8 Å². The van der Waals surface area contributed by atoms with Gasteiger partial charge in [0.15, 0.2) is 0 Å². The van der Waals surface area contributed by atoms with Crippen LogP contribution >= 0.6 is 0 Å². The maximum atomic E-state index is 5.94. The summed E-state index contributed by atoms with van der Waals surface area (Å²) in [6, 6.07) is 11.8. The number of hydrogen-bond donors (Lipinski definition) is 2. The fourth-order valence-electron chi connectivity index (χ4n) is 2.46. The van der Waals surface area contributed by atoms with Crippen LogP contribution in [0.25, 0.3) is 21.9 Å². The number of ether oxygens (including phenoxy) is 2. The molecule has 0 unspecified atom stereocenters. The molecule has 0 fully saturated rings. The number of fused-ring (bicyclic) bond motifs is 3. The van der Waals surface area contributed by atoms with Crippen molar-refractivity contribution in [1.29, 1.82) is 0 Å². The van der Waals surface area contributed by atoms with Crippen molar-refractivity contribution in [3.05, 3.63) is 36.4 Å². The molecule has 0 amide bonds. The molecule has 23 heavy (non-hydrogen) atoms. The van der Waals surface area contributed by atoms with Crippen molar-refractivity contribution in [2.24, 2.45) is 11.5 Å². The van der Waals surface area contributed by atoms with Crippen LogP contribution < -0.4 is 20.9 Å². The van der Waals surface area contributed by atoms with E-state index >= 15 is 0 Å². The minimum atomic E-state index is 0.612. The quantitative estimate of drug-likeness (QED) is 0.624. The molecule has 0 saturated heterocycles. The van der Waals surface area contributed by atoms with Crippen molar-refractivity contribution in [2.45, 2.75) is 12.8 Å². The van der Waals surface area contributed by atoms with E-state index in [0.717, 1.165) is 46.3 Å². The van der Waals surface area contributed by atoms with Crippen molar-refractivity contribution in [3.63, 3.8) is 0 Å². The summed E-state index contributed by atoms with van der Waals surface area (Å²) < 4.78 is 17.3. The molecule has 0 atom stereocenters. The van der Waals surface area contributed by atoms with Gasteiger partial charge >= 0.3 is 0 Å². The summed E-state index contributed by atoms with van der Waals surface area (Å²) in [6.07, 6.45) is 1.67. The highest BCUT2D eigenvalue weighted by molar-refractivity contribution is 6.05. The largest absolute Gasteiger partial charge is 0.493 e. The van der Waals surface area contributed by atoms with Gasteiger partial charge in [-0.25, -0.2) is 0 Å². The molecule has 0 aliphatic carbocycles. The first kappa shape index (κ1) is 15.6. The zero-order valence-corrected chi connectivity index (χ0v) is 13.1. The molecule has 1 heterocycles. The maximum absolute atomic E-state index is 5.94. The highest BCUT2D eigenvalue weighted by atomic mass is 16.5. The number of rotatable bonds is 8. The van der Waals surface area contributed by atoms with E-state index < -0.39 is 0 Å². The van der Waals surface area contributed by atoms with Crippen LogP contribution in [0.2, 0.25) is 0 Å². The number of furan rings is 1. The standard InChI is InChI=1S/C18H22N2O3/c19-7-1-9-21-13-3-5-15-16-6-4-14(22-10-2-8-20)12-18(16)23-17(15)11-13/h3-6,11-12H,1-2,7-10,19-20H2. The van der Waals surface area contributed by atoms with Crippen molar-refractivity contribution in [2.75, 3.05) is 26.3 Å². The van der Waals surface area contributed by atoms with E-state index in [0.29, 0.717) is 26.3 Å². The average Bonchev–Trinajstić information content (AvgIpc) is 2.92. The van der Waals surface area contributed by atoms with E-state index in [1.54, 1.807) is 0 Å². The third-order valence-corrected chi connectivity index (χ3v) is 3.65. The Hall–Kier alpha value is -2.24. The molecular formula is C18H22N2O3. The van der Waals surface area contributed by atoms with Crippen LogP contribution in [-0.2, 0) is 0 Å². The third-order valence-electron chi connectivity index (χ3n) is 3.65. The minimum Gasteiger partial charge on any atom is -0.493 e. The minimum absolute atomic E-state index is 0.612. The molecule has 1 aromatic heterocycles. The normalized spacial score (nSPS) is 11.2. The molecule has 5 nitrogen and oxygen atoms in total. The van der Waals surface area contributed by atoms with Crippen LogP contribution in [-0.4, -0.2) is 26.3 Å². The fraction of sp³-hybridized carbons (Fsp3) is 0.333. The van der Waals surface area contributed by atoms with Gasteiger partial charge < -0.3 is 25.4 Å². The predicted molar refractivity (Wildman–Crippen MR) is 92.1 cm³/mol. The van der Waals surface area contributed by atoms with Crippen LogP contribution in [0, 0.1) is 0 Å². The van der Waals surface area contributed by atoms with Gasteiger partial charge in [0.1, 0.15) is 22.7 Å². The smallest absolute Gasteiger partial charge is 0.139 e. The summed E-state index contributed by atoms with van der Waals surface area (Å²) in [7, 11) is 0. The van der Waals surface area contributed by atoms with Crippen molar-refractivity contribution in [3.8, 4) is 11.5 Å². The molecule has 0 bridgehead atoms. The van der Waals surface area contributed by atoms with E-state index in [1.165, 1.54) is 0 Å². The summed E-state index contributed by atoms with van der Waals surface area (Å²) >= 11 is 0. The first-order chi connectivity index (χ1) is 11.3. The van der Waals surface area contributed by atoms with Crippen molar-refractivity contribution >= 4 is 21.9 Å². The Labute approximate surface area is 135 Å². The summed E-state index contributed by atoms with van der Waals surface area (Å²) in [6.45, 7) is 2.47. The highest BCUT2D eigenvalue weighted by Crippen LogP contribution is 2.33. The van der Waals surface area contributed by atoms with Crippen LogP contribution in [0.1, 0.15) is 12.8 Å². The summed E-state index contributed by atoms with van der Waals surface area (Å²) in [5.74, 6) is 1.59. The van der Waals surface area contributed by atoms with Gasteiger partial charge in [-0.15, -0.1) is 0 Å². The molecule has 0 aliphatic rings. The lowest BCUT2D eigenvalue weighted by molar-refractivity contribution is 0.313. The molecule has 3 rings (SSSR count). The van der Waals surface area contributed by atoms with Gasteiger partial charge in [0.05, 0.1) is 13.2 Å². The molecular weight excluding hydrogens is 292 g/mol. The number of nitrogens with two attached hydrogens (primary N) is 2. The zero-order valence-electron chi connectivity index (χ0n) is 13.1. The third kappa shape index (κ3) is 3.57. The van der Waals surface area contributed by atoms with Gasteiger partial charge in [0.25, 0.3) is 0 Å². The van der Waals surface area contributed by atoms with E-state index in [9.17, 15) is 0 Å². The molecule has 0 spiro atoms. The number of benzene rings is 2. The highest BCUT2D eigenvalue weighted by Gasteiger charge is 2.09. The van der Waals surface area contributed by atoms with Gasteiger partial charge in [-0.05, 0) is 50.2 Å². The second kappa shape index (κ2) is 7.35. The topological polar surface area (TPSA) is 83.6 Å². The van der Waals surface area contributed by atoms with Crippen molar-refractivity contribution < 1.29 is 13.9 Å². The molecule has 4 N–H and O–H groups in total. The van der Waals surface area contributed by atoms with E-state index in [1.807, 2.05) is 36.4 Å². The second-order valence-corrected chi connectivity index (χ2v) is 5.40. The summed E-state index contributed by atoms with van der Waals surface area (Å²) in [5, 5.41) is 2.14. The summed E-state index contributed by atoms with van der Waals surface area (Å²) in [4.78, 5) is 0. The van der Waals surface area contributed by atoms with Gasteiger partial charge in [-0.3, -0.25) is 0 Å². The van der Waals surface area contributed by atoms with E-state index in [-0.39, 0.29) is 0 Å². The average molecular weight is 314 g/mol. The summed E-state index contributed by atoms with van der Waals surface area (Å²) in [5.41, 5.74) is 12.6. The van der Waals surface area contributed by atoms with Crippen LogP contribution in [0.4, 0.5) is 0 Å².